The molecular formula is C6H11O10P. The summed E-state index contributed by atoms with van der Waals surface area (Å²) in [6.07, 6.45) is -3.94. The minimum atomic E-state index is -5.04. The van der Waals surface area contributed by atoms with Crippen LogP contribution >= 0.6 is 7.82 Å². The van der Waals surface area contributed by atoms with Gasteiger partial charge in [0.2, 0.25) is 6.10 Å². The van der Waals surface area contributed by atoms with Crippen LogP contribution in [0.25, 0.3) is 0 Å². The van der Waals surface area contributed by atoms with Crippen LogP contribution in [0.1, 0.15) is 0 Å². The Morgan fingerprint density at radius 1 is 1.12 bits per heavy atom. The average Bonchev–Trinajstić information content (AvgIpc) is 2.20. The highest BCUT2D eigenvalue weighted by Gasteiger charge is 2.32. The third-order valence-electron chi connectivity index (χ3n) is 1.39. The molecule has 100 valence electrons. The Kier molecular flexibility index (Phi) is 6.24. The van der Waals surface area contributed by atoms with Crippen molar-refractivity contribution < 1.29 is 48.5 Å². The van der Waals surface area contributed by atoms with E-state index < -0.39 is 45.2 Å². The number of aliphatic carboxylic acids is 1. The van der Waals surface area contributed by atoms with Gasteiger partial charge in [0, 0.05) is 0 Å². The number of ether oxygens (including phenoxy) is 1. The van der Waals surface area contributed by atoms with E-state index in [9.17, 15) is 14.2 Å². The largest absolute Gasteiger partial charge is 0.478 e. The summed E-state index contributed by atoms with van der Waals surface area (Å²) in [7, 11) is -5.04. The molecule has 0 aliphatic heterocycles. The van der Waals surface area contributed by atoms with Crippen molar-refractivity contribution in [3.63, 3.8) is 0 Å². The Balaban J connectivity index is 4.55. The Morgan fingerprint density at radius 3 is 1.88 bits per heavy atom. The number of aliphatic hydroxyl groups excluding tert-OH is 2. The zero-order chi connectivity index (χ0) is 13.6. The SMILES string of the molecule is O=C(O)C(CO)OC(=O)C(CO)OP(=O)(O)O. The van der Waals surface area contributed by atoms with Gasteiger partial charge < -0.3 is 29.8 Å². The lowest BCUT2D eigenvalue weighted by Gasteiger charge is -2.17. The van der Waals surface area contributed by atoms with E-state index in [1.54, 1.807) is 0 Å². The Morgan fingerprint density at radius 2 is 1.59 bits per heavy atom. The molecule has 17 heavy (non-hydrogen) atoms. The first-order valence-corrected chi connectivity index (χ1v) is 5.63. The number of rotatable bonds is 7. The van der Waals surface area contributed by atoms with Crippen molar-refractivity contribution in [2.24, 2.45) is 0 Å². The predicted molar refractivity (Wildman–Crippen MR) is 48.6 cm³/mol. The first-order valence-electron chi connectivity index (χ1n) is 4.10. The fourth-order valence-corrected chi connectivity index (χ4v) is 1.18. The third-order valence-corrected chi connectivity index (χ3v) is 1.92. The summed E-state index contributed by atoms with van der Waals surface area (Å²) in [5.74, 6) is -3.18. The number of aliphatic hydroxyl groups is 2. The molecule has 0 rings (SSSR count). The van der Waals surface area contributed by atoms with Crippen LogP contribution in [0.4, 0.5) is 0 Å². The highest BCUT2D eigenvalue weighted by molar-refractivity contribution is 7.46. The fourth-order valence-electron chi connectivity index (χ4n) is 0.699. The number of esters is 1. The van der Waals surface area contributed by atoms with Crippen molar-refractivity contribution in [1.82, 2.24) is 0 Å². The van der Waals surface area contributed by atoms with Gasteiger partial charge in [-0.15, -0.1) is 0 Å². The number of hydrogen-bond acceptors (Lipinski definition) is 7. The van der Waals surface area contributed by atoms with Crippen LogP contribution in [0, 0.1) is 0 Å². The molecule has 0 saturated carbocycles. The second kappa shape index (κ2) is 6.64. The maximum atomic E-state index is 11.1. The van der Waals surface area contributed by atoms with Gasteiger partial charge >= 0.3 is 19.8 Å². The van der Waals surface area contributed by atoms with E-state index in [-0.39, 0.29) is 0 Å². The van der Waals surface area contributed by atoms with Crippen LogP contribution in [0.15, 0.2) is 0 Å². The minimum Gasteiger partial charge on any atom is -0.478 e. The van der Waals surface area contributed by atoms with E-state index in [4.69, 9.17) is 25.1 Å². The summed E-state index contributed by atoms with van der Waals surface area (Å²) < 4.78 is 18.4. The highest BCUT2D eigenvalue weighted by atomic mass is 31.2. The van der Waals surface area contributed by atoms with Gasteiger partial charge in [0.25, 0.3) is 0 Å². The van der Waals surface area contributed by atoms with Crippen LogP contribution < -0.4 is 0 Å². The minimum absolute atomic E-state index is 1.03. The number of carbonyl (C=O) groups excluding carboxylic acids is 1. The second-order valence-corrected chi connectivity index (χ2v) is 3.91. The van der Waals surface area contributed by atoms with Crippen molar-refractivity contribution in [3.8, 4) is 0 Å². The molecule has 10 nitrogen and oxygen atoms in total. The molecule has 0 aliphatic rings. The number of phosphoric acid groups is 1. The van der Waals surface area contributed by atoms with Gasteiger partial charge in [0.15, 0.2) is 6.10 Å². The van der Waals surface area contributed by atoms with Crippen LogP contribution in [0.5, 0.6) is 0 Å². The normalized spacial score (nSPS) is 15.1. The van der Waals surface area contributed by atoms with Crippen molar-refractivity contribution in [2.45, 2.75) is 12.2 Å². The number of carbonyl (C=O) groups is 2. The molecule has 0 heterocycles. The highest BCUT2D eigenvalue weighted by Crippen LogP contribution is 2.37. The van der Waals surface area contributed by atoms with Crippen molar-refractivity contribution in [1.29, 1.82) is 0 Å². The molecule has 0 aromatic rings. The zero-order valence-electron chi connectivity index (χ0n) is 8.29. The van der Waals surface area contributed by atoms with E-state index in [0.29, 0.717) is 0 Å². The Hall–Kier alpha value is -1.03. The number of hydrogen-bond donors (Lipinski definition) is 5. The van der Waals surface area contributed by atoms with Crippen LogP contribution in [-0.2, 0) is 23.4 Å². The molecule has 0 spiro atoms. The molecule has 5 N–H and O–H groups in total. The quantitative estimate of drug-likeness (QED) is 0.245. The molecular weight excluding hydrogens is 263 g/mol. The van der Waals surface area contributed by atoms with E-state index in [1.165, 1.54) is 0 Å². The number of carboxylic acid groups (broad SMARTS) is 1. The molecule has 0 saturated heterocycles. The molecule has 2 atom stereocenters. The Labute approximate surface area is 94.6 Å². The maximum absolute atomic E-state index is 11.1. The summed E-state index contributed by atoms with van der Waals surface area (Å²) in [5, 5.41) is 25.5. The van der Waals surface area contributed by atoms with Crippen molar-refractivity contribution in [3.05, 3.63) is 0 Å². The van der Waals surface area contributed by atoms with Gasteiger partial charge in [-0.2, -0.15) is 0 Å². The molecule has 0 aromatic heterocycles. The molecule has 0 aliphatic carbocycles. The van der Waals surface area contributed by atoms with E-state index in [0.717, 1.165) is 0 Å². The predicted octanol–water partition coefficient (Wildman–Crippen LogP) is -2.55. The van der Waals surface area contributed by atoms with E-state index in [2.05, 4.69) is 9.26 Å². The van der Waals surface area contributed by atoms with Gasteiger partial charge in [-0.25, -0.2) is 14.2 Å². The fraction of sp³-hybridized carbons (Fsp3) is 0.667. The topological polar surface area (TPSA) is 171 Å². The van der Waals surface area contributed by atoms with Gasteiger partial charge in [-0.3, -0.25) is 4.52 Å². The standard InChI is InChI=1S/C6H11O10P/c7-1-3(5(9)10)15-6(11)4(2-8)16-17(12,13)14/h3-4,7-8H,1-2H2,(H,9,10)(H2,12,13,14). The van der Waals surface area contributed by atoms with Gasteiger partial charge in [-0.1, -0.05) is 0 Å². The van der Waals surface area contributed by atoms with Gasteiger partial charge in [0.1, 0.15) is 0 Å². The van der Waals surface area contributed by atoms with E-state index >= 15 is 0 Å². The lowest BCUT2D eigenvalue weighted by molar-refractivity contribution is -0.173. The number of carboxylic acids is 1. The first kappa shape index (κ1) is 16.0. The van der Waals surface area contributed by atoms with Gasteiger partial charge in [-0.05, 0) is 0 Å². The van der Waals surface area contributed by atoms with E-state index in [1.807, 2.05) is 0 Å². The third kappa shape index (κ3) is 6.31. The first-order chi connectivity index (χ1) is 7.71. The molecule has 0 fully saturated rings. The van der Waals surface area contributed by atoms with Gasteiger partial charge in [0.05, 0.1) is 13.2 Å². The summed E-state index contributed by atoms with van der Waals surface area (Å²) in [6.45, 7) is -2.16. The van der Waals surface area contributed by atoms with Crippen LogP contribution in [0.3, 0.4) is 0 Å². The average molecular weight is 274 g/mol. The van der Waals surface area contributed by atoms with Crippen LogP contribution in [0.2, 0.25) is 0 Å². The summed E-state index contributed by atoms with van der Waals surface area (Å²) >= 11 is 0. The lowest BCUT2D eigenvalue weighted by Crippen LogP contribution is -2.37. The molecule has 0 bridgehead atoms. The smallest absolute Gasteiger partial charge is 0.470 e. The summed E-state index contributed by atoms with van der Waals surface area (Å²) in [6, 6.07) is 0. The Bertz CT molecular complexity index is 321. The summed E-state index contributed by atoms with van der Waals surface area (Å²) in [4.78, 5) is 38.2. The second-order valence-electron chi connectivity index (χ2n) is 2.71. The van der Waals surface area contributed by atoms with Crippen molar-refractivity contribution >= 4 is 19.8 Å². The molecule has 0 amide bonds. The van der Waals surface area contributed by atoms with Crippen molar-refractivity contribution in [2.75, 3.05) is 13.2 Å². The van der Waals surface area contributed by atoms with Crippen LogP contribution in [-0.4, -0.2) is 62.5 Å². The monoisotopic (exact) mass is 274 g/mol. The molecule has 2 unspecified atom stereocenters. The molecule has 0 radical (unpaired) electrons. The molecule has 0 aromatic carbocycles. The lowest BCUT2D eigenvalue weighted by atomic mass is 10.3. The summed E-state index contributed by atoms with van der Waals surface area (Å²) in [5.41, 5.74) is 0. The number of phosphoric ester groups is 1. The molecule has 11 heteroatoms. The maximum Gasteiger partial charge on any atom is 0.470 e. The zero-order valence-corrected chi connectivity index (χ0v) is 9.19.